The number of aromatic nitrogens is 4. The number of nitrogens with zero attached hydrogens (tertiary/aromatic N) is 5. The number of alkyl halides is 4. The monoisotopic (exact) mass is 474 g/mol. The van der Waals surface area contributed by atoms with Gasteiger partial charge in [-0.3, -0.25) is 0 Å². The molecule has 10 heteroatoms. The lowest BCUT2D eigenvalue weighted by molar-refractivity contribution is -0.137. The highest BCUT2D eigenvalue weighted by atomic mass is 19.4. The Morgan fingerprint density at radius 3 is 2.53 bits per heavy atom. The highest BCUT2D eigenvalue weighted by Gasteiger charge is 2.33. The van der Waals surface area contributed by atoms with Crippen LogP contribution in [0.4, 0.5) is 29.2 Å². The summed E-state index contributed by atoms with van der Waals surface area (Å²) in [6.07, 6.45) is 0.279. The minimum Gasteiger partial charge on any atom is -0.385 e. The summed E-state index contributed by atoms with van der Waals surface area (Å²) in [5.74, 6) is 0.333. The molecule has 1 N–H and O–H groups in total. The van der Waals surface area contributed by atoms with E-state index in [4.69, 9.17) is 0 Å². The lowest BCUT2D eigenvalue weighted by atomic mass is 9.95. The lowest BCUT2D eigenvalue weighted by Crippen LogP contribution is -2.30. The third-order valence-corrected chi connectivity index (χ3v) is 6.61. The molecule has 0 amide bonds. The van der Waals surface area contributed by atoms with Gasteiger partial charge in [-0.1, -0.05) is 17.2 Å². The molecule has 34 heavy (non-hydrogen) atoms. The number of rotatable bonds is 5. The number of fused-ring (bicyclic) bond motifs is 2. The molecule has 0 saturated heterocycles. The van der Waals surface area contributed by atoms with Crippen molar-refractivity contribution in [2.75, 3.05) is 16.8 Å². The van der Waals surface area contributed by atoms with Crippen LogP contribution in [0, 0.1) is 0 Å². The molecule has 0 fully saturated rings. The van der Waals surface area contributed by atoms with Crippen molar-refractivity contribution in [3.8, 4) is 0 Å². The molecule has 1 atom stereocenters. The van der Waals surface area contributed by atoms with Crippen molar-refractivity contribution in [3.05, 3.63) is 63.7 Å². The molecule has 2 heterocycles. The molecule has 0 unspecified atom stereocenters. The van der Waals surface area contributed by atoms with Crippen LogP contribution >= 0.6 is 0 Å². The smallest absolute Gasteiger partial charge is 0.385 e. The molecule has 1 aromatic heterocycles. The van der Waals surface area contributed by atoms with E-state index in [1.165, 1.54) is 22.0 Å². The van der Waals surface area contributed by atoms with Crippen molar-refractivity contribution < 1.29 is 17.6 Å². The van der Waals surface area contributed by atoms with E-state index in [0.29, 0.717) is 11.5 Å². The van der Waals surface area contributed by atoms with Crippen LogP contribution < -0.4 is 10.2 Å². The zero-order chi connectivity index (χ0) is 23.9. The summed E-state index contributed by atoms with van der Waals surface area (Å²) < 4.78 is 53.9. The number of benzene rings is 2. The third-order valence-electron chi connectivity index (χ3n) is 6.61. The highest BCUT2D eigenvalue weighted by Crippen LogP contribution is 2.40. The Kier molecular flexibility index (Phi) is 5.91. The fraction of sp³-hybridized carbons (Fsp3) is 0.458. The van der Waals surface area contributed by atoms with E-state index < -0.39 is 18.4 Å². The Morgan fingerprint density at radius 1 is 1.06 bits per heavy atom. The number of nitrogens with one attached hydrogen (secondary N) is 1. The van der Waals surface area contributed by atoms with E-state index in [9.17, 15) is 17.6 Å². The van der Waals surface area contributed by atoms with Crippen molar-refractivity contribution in [1.29, 1.82) is 0 Å². The third kappa shape index (κ3) is 4.45. The average Bonchev–Trinajstić information content (AvgIpc) is 3.39. The van der Waals surface area contributed by atoms with E-state index in [2.05, 4.69) is 32.9 Å². The molecule has 0 bridgehead atoms. The first-order valence-corrected chi connectivity index (χ1v) is 11.5. The Bertz CT molecular complexity index is 1190. The van der Waals surface area contributed by atoms with Crippen LogP contribution in [0.3, 0.4) is 0 Å². The van der Waals surface area contributed by atoms with Crippen molar-refractivity contribution in [2.45, 2.75) is 57.5 Å². The molecule has 1 aliphatic carbocycles. The molecular weight excluding hydrogens is 448 g/mol. The second-order valence-corrected chi connectivity index (χ2v) is 9.02. The van der Waals surface area contributed by atoms with E-state index in [1.807, 2.05) is 4.90 Å². The van der Waals surface area contributed by atoms with Gasteiger partial charge in [-0.2, -0.15) is 18.0 Å². The predicted octanol–water partition coefficient (Wildman–Crippen LogP) is 5.14. The minimum absolute atomic E-state index is 0.00219. The van der Waals surface area contributed by atoms with Gasteiger partial charge in [-0.05, 0) is 83.3 Å². The molecule has 180 valence electrons. The van der Waals surface area contributed by atoms with E-state index in [-0.39, 0.29) is 18.2 Å². The second kappa shape index (κ2) is 8.88. The molecule has 5 rings (SSSR count). The molecule has 0 saturated carbocycles. The zero-order valence-corrected chi connectivity index (χ0v) is 18.9. The molecule has 0 spiro atoms. The van der Waals surface area contributed by atoms with Crippen LogP contribution in [-0.2, 0) is 39.3 Å². The molecule has 3 aromatic rings. The van der Waals surface area contributed by atoms with Gasteiger partial charge in [-0.25, -0.2) is 4.39 Å². The van der Waals surface area contributed by atoms with Gasteiger partial charge in [0.2, 0.25) is 0 Å². The summed E-state index contributed by atoms with van der Waals surface area (Å²) in [7, 11) is 1.65. The van der Waals surface area contributed by atoms with Crippen molar-refractivity contribution in [1.82, 2.24) is 20.2 Å². The molecule has 2 aromatic carbocycles. The Balaban J connectivity index is 1.59. The van der Waals surface area contributed by atoms with Crippen molar-refractivity contribution in [2.24, 2.45) is 7.05 Å². The quantitative estimate of drug-likeness (QED) is 0.519. The Morgan fingerprint density at radius 2 is 1.82 bits per heavy atom. The maximum absolute atomic E-state index is 13.5. The number of anilines is 2. The summed E-state index contributed by atoms with van der Waals surface area (Å²) in [5, 5.41) is 16.0. The SMILES string of the molecule is Cn1nnc(N(Cc2cc(CF)cc(C(F)(F)F)c2)[C@H]2CCCNc3cc4c(cc32)CCC4)n1. The maximum Gasteiger partial charge on any atom is 0.416 e. The molecule has 1 aliphatic heterocycles. The first-order chi connectivity index (χ1) is 16.3. The van der Waals surface area contributed by atoms with Crippen LogP contribution in [0.15, 0.2) is 30.3 Å². The first-order valence-electron chi connectivity index (χ1n) is 11.5. The summed E-state index contributed by atoms with van der Waals surface area (Å²) in [6, 6.07) is 7.71. The van der Waals surface area contributed by atoms with E-state index in [0.717, 1.165) is 62.0 Å². The highest BCUT2D eigenvalue weighted by molar-refractivity contribution is 5.60. The lowest BCUT2D eigenvalue weighted by Gasteiger charge is -2.32. The fourth-order valence-electron chi connectivity index (χ4n) is 5.07. The van der Waals surface area contributed by atoms with Gasteiger partial charge in [-0.15, -0.1) is 5.10 Å². The molecule has 0 radical (unpaired) electrons. The van der Waals surface area contributed by atoms with E-state index in [1.54, 1.807) is 7.05 Å². The van der Waals surface area contributed by atoms with Gasteiger partial charge < -0.3 is 10.2 Å². The standard InChI is InChI=1S/C24H26F4N6/c1-33-31-23(30-32-33)34(14-16-8-15(13-25)9-19(10-16)24(26,27)28)22-6-3-7-29-21-12-18-5-2-4-17(18)11-20(21)22/h8-12,22,29H,2-7,13-14H2,1H3/t22-/m0/s1. The molecular formula is C24H26F4N6. The van der Waals surface area contributed by atoms with Gasteiger partial charge in [0.25, 0.3) is 5.95 Å². The van der Waals surface area contributed by atoms with Crippen LogP contribution in [-0.4, -0.2) is 26.8 Å². The predicted molar refractivity (Wildman–Crippen MR) is 120 cm³/mol. The van der Waals surface area contributed by atoms with Crippen LogP contribution in [0.25, 0.3) is 0 Å². The zero-order valence-electron chi connectivity index (χ0n) is 18.9. The van der Waals surface area contributed by atoms with Gasteiger partial charge in [0.15, 0.2) is 0 Å². The Labute approximate surface area is 195 Å². The van der Waals surface area contributed by atoms with Gasteiger partial charge in [0.05, 0.1) is 18.7 Å². The molecule has 2 aliphatic rings. The minimum atomic E-state index is -4.56. The number of hydrogen-bond donors (Lipinski definition) is 1. The van der Waals surface area contributed by atoms with Crippen LogP contribution in [0.1, 0.15) is 58.7 Å². The number of tetrazole rings is 1. The van der Waals surface area contributed by atoms with Gasteiger partial charge >= 0.3 is 6.18 Å². The first kappa shape index (κ1) is 22.6. The second-order valence-electron chi connectivity index (χ2n) is 9.02. The van der Waals surface area contributed by atoms with Crippen LogP contribution in [0.2, 0.25) is 0 Å². The summed E-state index contributed by atoms with van der Waals surface area (Å²) in [4.78, 5) is 3.23. The summed E-state index contributed by atoms with van der Waals surface area (Å²) >= 11 is 0. The molecule has 6 nitrogen and oxygen atoms in total. The van der Waals surface area contributed by atoms with E-state index >= 15 is 0 Å². The Hall–Kier alpha value is -3.17. The van der Waals surface area contributed by atoms with Crippen molar-refractivity contribution in [3.63, 3.8) is 0 Å². The fourth-order valence-corrected chi connectivity index (χ4v) is 5.07. The maximum atomic E-state index is 13.5. The van der Waals surface area contributed by atoms with Crippen LogP contribution in [0.5, 0.6) is 0 Å². The number of hydrogen-bond acceptors (Lipinski definition) is 5. The average molecular weight is 475 g/mol. The van der Waals surface area contributed by atoms with Crippen molar-refractivity contribution >= 4 is 11.6 Å². The largest absolute Gasteiger partial charge is 0.416 e. The topological polar surface area (TPSA) is 58.9 Å². The normalized spacial score (nSPS) is 17.6. The van der Waals surface area contributed by atoms with Gasteiger partial charge in [0.1, 0.15) is 6.67 Å². The number of aryl methyl sites for hydroxylation is 3. The number of halogens is 4. The summed E-state index contributed by atoms with van der Waals surface area (Å²) in [6.45, 7) is -0.0635. The van der Waals surface area contributed by atoms with Gasteiger partial charge in [0, 0.05) is 18.8 Å². The summed E-state index contributed by atoms with van der Waals surface area (Å²) in [5.41, 5.74) is 4.30.